The summed E-state index contributed by atoms with van der Waals surface area (Å²) in [4.78, 5) is 27.9. The minimum Gasteiger partial charge on any atom is -0.489 e. The minimum absolute atomic E-state index is 0.0514. The number of halogens is 1. The van der Waals surface area contributed by atoms with Crippen LogP contribution in [0.5, 0.6) is 5.75 Å². The summed E-state index contributed by atoms with van der Waals surface area (Å²) in [6.07, 6.45) is 1.46. The van der Waals surface area contributed by atoms with Gasteiger partial charge in [0.05, 0.1) is 17.4 Å². The van der Waals surface area contributed by atoms with Gasteiger partial charge in [0.2, 0.25) is 0 Å². The van der Waals surface area contributed by atoms with E-state index in [0.717, 1.165) is 5.52 Å². The number of ether oxygens (including phenoxy) is 1. The van der Waals surface area contributed by atoms with Gasteiger partial charge in [-0.1, -0.05) is 23.7 Å². The van der Waals surface area contributed by atoms with E-state index >= 15 is 0 Å². The number of benzene rings is 2. The molecule has 0 saturated carbocycles. The Morgan fingerprint density at radius 3 is 2.68 bits per heavy atom. The van der Waals surface area contributed by atoms with Gasteiger partial charge in [0.15, 0.2) is 0 Å². The van der Waals surface area contributed by atoms with Gasteiger partial charge in [-0.25, -0.2) is 0 Å². The molecular weight excluding hydrogens is 340 g/mol. The molecule has 0 fully saturated rings. The Balaban J connectivity index is 1.86. The second-order valence-electron chi connectivity index (χ2n) is 5.84. The monoisotopic (exact) mass is 356 g/mol. The average Bonchev–Trinajstić information content (AvgIpc) is 2.98. The fourth-order valence-corrected chi connectivity index (χ4v) is 2.68. The SMILES string of the molecule is CC(C)Oc1ccccc1NC(=O)C(=O)c1c[nH]c2ccc(Cl)cc12. The van der Waals surface area contributed by atoms with Crippen LogP contribution >= 0.6 is 11.6 Å². The highest BCUT2D eigenvalue weighted by molar-refractivity contribution is 6.48. The first kappa shape index (κ1) is 17.0. The van der Waals surface area contributed by atoms with Gasteiger partial charge < -0.3 is 15.0 Å². The number of aromatic nitrogens is 1. The van der Waals surface area contributed by atoms with Crippen LogP contribution in [0.4, 0.5) is 5.69 Å². The van der Waals surface area contributed by atoms with Crippen LogP contribution in [0.2, 0.25) is 5.02 Å². The first-order chi connectivity index (χ1) is 12.0. The van der Waals surface area contributed by atoms with Gasteiger partial charge in [-0.05, 0) is 44.2 Å². The molecule has 0 atom stereocenters. The van der Waals surface area contributed by atoms with E-state index in [4.69, 9.17) is 16.3 Å². The van der Waals surface area contributed by atoms with Gasteiger partial charge in [-0.15, -0.1) is 0 Å². The Bertz CT molecular complexity index is 947. The summed E-state index contributed by atoms with van der Waals surface area (Å²) in [5.41, 5.74) is 1.47. The van der Waals surface area contributed by atoms with Crippen molar-refractivity contribution in [2.45, 2.75) is 20.0 Å². The van der Waals surface area contributed by atoms with Gasteiger partial charge in [0.25, 0.3) is 11.7 Å². The van der Waals surface area contributed by atoms with Crippen LogP contribution in [0.15, 0.2) is 48.7 Å². The number of anilines is 1. The Kier molecular flexibility index (Phi) is 4.76. The van der Waals surface area contributed by atoms with E-state index in [1.165, 1.54) is 6.20 Å². The van der Waals surface area contributed by atoms with Crippen LogP contribution in [0.3, 0.4) is 0 Å². The van der Waals surface area contributed by atoms with E-state index in [0.29, 0.717) is 21.8 Å². The van der Waals surface area contributed by atoms with E-state index in [9.17, 15) is 9.59 Å². The van der Waals surface area contributed by atoms with Gasteiger partial charge in [-0.2, -0.15) is 0 Å². The molecule has 0 aliphatic heterocycles. The smallest absolute Gasteiger partial charge is 0.296 e. The first-order valence-corrected chi connectivity index (χ1v) is 8.21. The molecule has 0 saturated heterocycles. The second-order valence-corrected chi connectivity index (χ2v) is 6.27. The number of hydrogen-bond donors (Lipinski definition) is 2. The highest BCUT2D eigenvalue weighted by atomic mass is 35.5. The summed E-state index contributed by atoms with van der Waals surface area (Å²) in [5, 5.41) is 3.73. The number of nitrogens with one attached hydrogen (secondary N) is 2. The van der Waals surface area contributed by atoms with Crippen molar-refractivity contribution in [1.82, 2.24) is 4.98 Å². The molecule has 3 aromatic rings. The quantitative estimate of drug-likeness (QED) is 0.524. The molecule has 1 aromatic heterocycles. The molecular formula is C19H17ClN2O3. The van der Waals surface area contributed by atoms with Gasteiger partial charge in [0.1, 0.15) is 5.75 Å². The molecule has 0 aliphatic carbocycles. The van der Waals surface area contributed by atoms with Crippen molar-refractivity contribution in [2.75, 3.05) is 5.32 Å². The molecule has 0 aliphatic rings. The second kappa shape index (κ2) is 6.99. The number of carbonyl (C=O) groups is 2. The molecule has 3 rings (SSSR count). The molecule has 0 bridgehead atoms. The zero-order valence-corrected chi connectivity index (χ0v) is 14.6. The maximum Gasteiger partial charge on any atom is 0.296 e. The molecule has 6 heteroatoms. The lowest BCUT2D eigenvalue weighted by atomic mass is 10.1. The number of fused-ring (bicyclic) bond motifs is 1. The molecule has 2 N–H and O–H groups in total. The topological polar surface area (TPSA) is 71.2 Å². The number of rotatable bonds is 5. The molecule has 5 nitrogen and oxygen atoms in total. The molecule has 1 heterocycles. The number of para-hydroxylation sites is 2. The number of aromatic amines is 1. The normalized spacial score (nSPS) is 10.9. The number of hydrogen-bond acceptors (Lipinski definition) is 3. The number of amides is 1. The fourth-order valence-electron chi connectivity index (χ4n) is 2.51. The third-order valence-corrected chi connectivity index (χ3v) is 3.83. The number of carbonyl (C=O) groups excluding carboxylic acids is 2. The van der Waals surface area contributed by atoms with E-state index in [2.05, 4.69) is 10.3 Å². The highest BCUT2D eigenvalue weighted by Crippen LogP contribution is 2.26. The lowest BCUT2D eigenvalue weighted by Gasteiger charge is -2.14. The first-order valence-electron chi connectivity index (χ1n) is 7.83. The Hall–Kier alpha value is -2.79. The van der Waals surface area contributed by atoms with Gasteiger partial charge in [-0.3, -0.25) is 9.59 Å². The lowest BCUT2D eigenvalue weighted by molar-refractivity contribution is -0.112. The van der Waals surface area contributed by atoms with Crippen LogP contribution in [0.25, 0.3) is 10.9 Å². The summed E-state index contributed by atoms with van der Waals surface area (Å²) in [6.45, 7) is 3.78. The van der Waals surface area contributed by atoms with Crippen LogP contribution < -0.4 is 10.1 Å². The van der Waals surface area contributed by atoms with Gasteiger partial charge >= 0.3 is 0 Å². The fraction of sp³-hybridized carbons (Fsp3) is 0.158. The summed E-state index contributed by atoms with van der Waals surface area (Å²) in [7, 11) is 0. The number of Topliss-reactive ketones (excluding diaryl/α,β-unsaturated/α-hetero) is 1. The summed E-state index contributed by atoms with van der Waals surface area (Å²) < 4.78 is 5.65. The van der Waals surface area contributed by atoms with E-state index in [-0.39, 0.29) is 11.7 Å². The molecule has 0 unspecified atom stereocenters. The van der Waals surface area contributed by atoms with Crippen LogP contribution in [0.1, 0.15) is 24.2 Å². The standard InChI is InChI=1S/C19H17ClN2O3/c1-11(2)25-17-6-4-3-5-16(17)22-19(24)18(23)14-10-21-15-8-7-12(20)9-13(14)15/h3-11,21H,1-2H3,(H,22,24). The van der Waals surface area contributed by atoms with Crippen molar-refractivity contribution < 1.29 is 14.3 Å². The van der Waals surface area contributed by atoms with Crippen LogP contribution in [0, 0.1) is 0 Å². The van der Waals surface area contributed by atoms with Crippen molar-refractivity contribution in [2.24, 2.45) is 0 Å². The number of ketones is 1. The minimum atomic E-state index is -0.735. The zero-order chi connectivity index (χ0) is 18.0. The summed E-state index contributed by atoms with van der Waals surface area (Å²) in [6, 6.07) is 12.1. The predicted molar refractivity (Wildman–Crippen MR) is 98.5 cm³/mol. The van der Waals surface area contributed by atoms with Crippen molar-refractivity contribution >= 4 is 39.9 Å². The Morgan fingerprint density at radius 1 is 1.16 bits per heavy atom. The molecule has 1 amide bonds. The van der Waals surface area contributed by atoms with E-state index in [1.807, 2.05) is 13.8 Å². The van der Waals surface area contributed by atoms with Crippen LogP contribution in [-0.2, 0) is 4.79 Å². The van der Waals surface area contributed by atoms with Crippen molar-refractivity contribution in [1.29, 1.82) is 0 Å². The molecule has 128 valence electrons. The predicted octanol–water partition coefficient (Wildman–Crippen LogP) is 4.43. The molecule has 25 heavy (non-hydrogen) atoms. The van der Waals surface area contributed by atoms with Crippen molar-refractivity contribution in [3.05, 3.63) is 59.2 Å². The summed E-state index contributed by atoms with van der Waals surface area (Å²) in [5.74, 6) is -0.867. The lowest BCUT2D eigenvalue weighted by Crippen LogP contribution is -2.23. The third-order valence-electron chi connectivity index (χ3n) is 3.59. The maximum atomic E-state index is 12.6. The molecule has 2 aromatic carbocycles. The van der Waals surface area contributed by atoms with E-state index < -0.39 is 11.7 Å². The number of H-pyrrole nitrogens is 1. The van der Waals surface area contributed by atoms with E-state index in [1.54, 1.807) is 42.5 Å². The van der Waals surface area contributed by atoms with Gasteiger partial charge in [0, 0.05) is 22.1 Å². The highest BCUT2D eigenvalue weighted by Gasteiger charge is 2.21. The van der Waals surface area contributed by atoms with Crippen molar-refractivity contribution in [3.63, 3.8) is 0 Å². The maximum absolute atomic E-state index is 12.6. The summed E-state index contributed by atoms with van der Waals surface area (Å²) >= 11 is 5.99. The Labute approximate surface area is 149 Å². The zero-order valence-electron chi connectivity index (χ0n) is 13.8. The molecule has 0 spiro atoms. The largest absolute Gasteiger partial charge is 0.489 e. The third kappa shape index (κ3) is 3.67. The Morgan fingerprint density at radius 2 is 1.92 bits per heavy atom. The van der Waals surface area contributed by atoms with Crippen LogP contribution in [-0.4, -0.2) is 22.8 Å². The average molecular weight is 357 g/mol. The van der Waals surface area contributed by atoms with Crippen molar-refractivity contribution in [3.8, 4) is 5.75 Å². The molecule has 0 radical (unpaired) electrons.